The van der Waals surface area contributed by atoms with Gasteiger partial charge < -0.3 is 14.1 Å². The Morgan fingerprint density at radius 3 is 2.62 bits per heavy atom. The molecule has 10 heteroatoms. The highest BCUT2D eigenvalue weighted by Crippen LogP contribution is 2.37. The number of aromatic nitrogens is 2. The summed E-state index contributed by atoms with van der Waals surface area (Å²) in [6.45, 7) is 5.15. The van der Waals surface area contributed by atoms with Crippen LogP contribution in [-0.4, -0.2) is 58.9 Å². The second-order valence-electron chi connectivity index (χ2n) is 6.85. The van der Waals surface area contributed by atoms with Crippen LogP contribution in [0.4, 0.5) is 18.0 Å². The number of ether oxygens (including phenoxy) is 1. The number of carbonyl (C=O) groups excluding carboxylic acids is 1. The van der Waals surface area contributed by atoms with Crippen LogP contribution in [0.1, 0.15) is 30.9 Å². The van der Waals surface area contributed by atoms with Crippen molar-refractivity contribution >= 4 is 6.09 Å². The number of benzene rings is 1. The Labute approximate surface area is 166 Å². The maximum atomic E-state index is 13.3. The van der Waals surface area contributed by atoms with Gasteiger partial charge in [0.15, 0.2) is 0 Å². The molecular formula is C19H23F3N4O3. The molecule has 1 aliphatic rings. The molecule has 1 aliphatic heterocycles. The molecule has 158 valence electrons. The Balaban J connectivity index is 1.63. The molecule has 0 spiro atoms. The topological polar surface area (TPSA) is 71.7 Å². The highest BCUT2D eigenvalue weighted by Gasteiger charge is 2.35. The van der Waals surface area contributed by atoms with Crippen molar-refractivity contribution in [3.63, 3.8) is 0 Å². The van der Waals surface area contributed by atoms with Crippen molar-refractivity contribution in [2.75, 3.05) is 32.8 Å². The van der Waals surface area contributed by atoms with Gasteiger partial charge in [0.2, 0.25) is 12.3 Å². The normalized spacial score (nSPS) is 15.5. The first-order chi connectivity index (χ1) is 13.9. The van der Waals surface area contributed by atoms with Gasteiger partial charge in [0.25, 0.3) is 0 Å². The summed E-state index contributed by atoms with van der Waals surface area (Å²) < 4.78 is 50.1. The molecule has 0 bridgehead atoms. The summed E-state index contributed by atoms with van der Waals surface area (Å²) in [5.74, 6) is -0.168. The Bertz CT molecular complexity index is 804. The SMILES string of the molecule is CCCCOC(=O)N1CCN(Cc2ccc(C(F)(F)F)c(-c3nnco3)c2)CC1. The molecule has 1 fully saturated rings. The van der Waals surface area contributed by atoms with Gasteiger partial charge >= 0.3 is 12.3 Å². The van der Waals surface area contributed by atoms with Gasteiger partial charge in [0.1, 0.15) is 0 Å². The highest BCUT2D eigenvalue weighted by molar-refractivity contribution is 5.67. The van der Waals surface area contributed by atoms with Gasteiger partial charge in [0, 0.05) is 32.7 Å². The van der Waals surface area contributed by atoms with Crippen LogP contribution in [0, 0.1) is 0 Å². The van der Waals surface area contributed by atoms with Crippen LogP contribution in [0.15, 0.2) is 29.0 Å². The average Bonchev–Trinajstić information content (AvgIpc) is 3.22. The number of carbonyl (C=O) groups is 1. The first kappa shape index (κ1) is 21.1. The van der Waals surface area contributed by atoms with E-state index >= 15 is 0 Å². The van der Waals surface area contributed by atoms with E-state index in [1.807, 2.05) is 6.92 Å². The second kappa shape index (κ2) is 9.25. The van der Waals surface area contributed by atoms with Crippen molar-refractivity contribution in [3.8, 4) is 11.5 Å². The predicted octanol–water partition coefficient (Wildman–Crippen LogP) is 3.81. The summed E-state index contributed by atoms with van der Waals surface area (Å²) >= 11 is 0. The lowest BCUT2D eigenvalue weighted by molar-refractivity contribution is -0.137. The molecule has 0 atom stereocenters. The average molecular weight is 412 g/mol. The zero-order chi connectivity index (χ0) is 20.9. The number of rotatable bonds is 6. The quantitative estimate of drug-likeness (QED) is 0.672. The Morgan fingerprint density at radius 2 is 2.00 bits per heavy atom. The maximum absolute atomic E-state index is 13.3. The van der Waals surface area contributed by atoms with Gasteiger partial charge in [-0.2, -0.15) is 13.2 Å². The molecule has 2 heterocycles. The van der Waals surface area contributed by atoms with E-state index in [0.29, 0.717) is 44.9 Å². The fourth-order valence-corrected chi connectivity index (χ4v) is 3.15. The summed E-state index contributed by atoms with van der Waals surface area (Å²) in [5.41, 5.74) is -0.249. The standard InChI is InChI=1S/C19H23F3N4O3/c1-2-3-10-28-18(27)26-8-6-25(7-9-26)12-14-4-5-16(19(20,21)22)15(11-14)17-24-23-13-29-17/h4-5,11,13H,2-3,6-10,12H2,1H3. The Kier molecular flexibility index (Phi) is 6.73. The number of hydrogen-bond acceptors (Lipinski definition) is 6. The van der Waals surface area contributed by atoms with Gasteiger partial charge in [-0.3, -0.25) is 4.90 Å². The fraction of sp³-hybridized carbons (Fsp3) is 0.526. The molecule has 0 saturated carbocycles. The number of alkyl halides is 3. The lowest BCUT2D eigenvalue weighted by atomic mass is 10.0. The number of piperazine rings is 1. The van der Waals surface area contributed by atoms with Crippen molar-refractivity contribution in [3.05, 3.63) is 35.7 Å². The molecule has 1 amide bonds. The van der Waals surface area contributed by atoms with Gasteiger partial charge in [-0.25, -0.2) is 4.79 Å². The summed E-state index contributed by atoms with van der Waals surface area (Å²) in [7, 11) is 0. The van der Waals surface area contributed by atoms with Crippen LogP contribution >= 0.6 is 0 Å². The fourth-order valence-electron chi connectivity index (χ4n) is 3.15. The zero-order valence-corrected chi connectivity index (χ0v) is 16.1. The van der Waals surface area contributed by atoms with E-state index in [9.17, 15) is 18.0 Å². The van der Waals surface area contributed by atoms with E-state index in [1.54, 1.807) is 4.90 Å². The number of hydrogen-bond donors (Lipinski definition) is 0. The van der Waals surface area contributed by atoms with Crippen molar-refractivity contribution in [1.82, 2.24) is 20.0 Å². The molecule has 0 aliphatic carbocycles. The number of nitrogens with zero attached hydrogens (tertiary/aromatic N) is 4. The lowest BCUT2D eigenvalue weighted by Crippen LogP contribution is -2.48. The third-order valence-corrected chi connectivity index (χ3v) is 4.74. The van der Waals surface area contributed by atoms with Crippen LogP contribution in [0.25, 0.3) is 11.5 Å². The molecule has 29 heavy (non-hydrogen) atoms. The Morgan fingerprint density at radius 1 is 1.24 bits per heavy atom. The molecule has 1 aromatic carbocycles. The predicted molar refractivity (Wildman–Crippen MR) is 97.8 cm³/mol. The Hall–Kier alpha value is -2.62. The van der Waals surface area contributed by atoms with Crippen LogP contribution in [0.3, 0.4) is 0 Å². The molecule has 2 aromatic rings. The molecular weight excluding hydrogens is 389 g/mol. The van der Waals surface area contributed by atoms with Gasteiger partial charge in [-0.05, 0) is 24.1 Å². The van der Waals surface area contributed by atoms with Crippen molar-refractivity contribution < 1.29 is 27.1 Å². The monoisotopic (exact) mass is 412 g/mol. The third kappa shape index (κ3) is 5.47. The minimum Gasteiger partial charge on any atom is -0.449 e. The molecule has 1 aromatic heterocycles. The van der Waals surface area contributed by atoms with Crippen LogP contribution in [0.2, 0.25) is 0 Å². The highest BCUT2D eigenvalue weighted by atomic mass is 19.4. The van der Waals surface area contributed by atoms with Gasteiger partial charge in [0.05, 0.1) is 17.7 Å². The number of unbranched alkanes of at least 4 members (excludes halogenated alkanes) is 1. The summed E-state index contributed by atoms with van der Waals surface area (Å²) in [6, 6.07) is 3.92. The van der Waals surface area contributed by atoms with Crippen molar-refractivity contribution in [2.45, 2.75) is 32.5 Å². The van der Waals surface area contributed by atoms with E-state index in [2.05, 4.69) is 15.1 Å². The first-order valence-electron chi connectivity index (χ1n) is 9.49. The van der Waals surface area contributed by atoms with Crippen LogP contribution in [-0.2, 0) is 17.5 Å². The summed E-state index contributed by atoms with van der Waals surface area (Å²) in [5, 5.41) is 7.09. The molecule has 1 saturated heterocycles. The molecule has 0 unspecified atom stereocenters. The van der Waals surface area contributed by atoms with Crippen LogP contribution < -0.4 is 0 Å². The second-order valence-corrected chi connectivity index (χ2v) is 6.85. The van der Waals surface area contributed by atoms with E-state index in [1.165, 1.54) is 12.1 Å². The maximum Gasteiger partial charge on any atom is 0.417 e. The smallest absolute Gasteiger partial charge is 0.417 e. The largest absolute Gasteiger partial charge is 0.449 e. The number of halogens is 3. The van der Waals surface area contributed by atoms with Crippen molar-refractivity contribution in [1.29, 1.82) is 0 Å². The summed E-state index contributed by atoms with van der Waals surface area (Å²) in [4.78, 5) is 15.7. The van der Waals surface area contributed by atoms with E-state index < -0.39 is 11.7 Å². The minimum absolute atomic E-state index is 0.134. The summed E-state index contributed by atoms with van der Waals surface area (Å²) in [6.07, 6.45) is -2.04. The van der Waals surface area contributed by atoms with E-state index in [0.717, 1.165) is 25.3 Å². The van der Waals surface area contributed by atoms with Gasteiger partial charge in [-0.15, -0.1) is 10.2 Å². The molecule has 0 N–H and O–H groups in total. The third-order valence-electron chi connectivity index (χ3n) is 4.74. The zero-order valence-electron chi connectivity index (χ0n) is 16.1. The van der Waals surface area contributed by atoms with E-state index in [-0.39, 0.29) is 17.5 Å². The molecule has 7 nitrogen and oxygen atoms in total. The van der Waals surface area contributed by atoms with E-state index in [4.69, 9.17) is 9.15 Å². The lowest BCUT2D eigenvalue weighted by Gasteiger charge is -2.34. The molecule has 3 rings (SSSR count). The number of amides is 1. The van der Waals surface area contributed by atoms with Crippen molar-refractivity contribution in [2.24, 2.45) is 0 Å². The first-order valence-corrected chi connectivity index (χ1v) is 9.49. The van der Waals surface area contributed by atoms with Crippen LogP contribution in [0.5, 0.6) is 0 Å². The minimum atomic E-state index is -4.52. The molecule has 0 radical (unpaired) electrons. The van der Waals surface area contributed by atoms with Gasteiger partial charge in [-0.1, -0.05) is 19.4 Å².